The third-order valence-electron chi connectivity index (χ3n) is 2.02. The first-order valence-corrected chi connectivity index (χ1v) is 5.91. The van der Waals surface area contributed by atoms with Crippen LogP contribution in [0.3, 0.4) is 0 Å². The van der Waals surface area contributed by atoms with E-state index in [1.165, 1.54) is 0 Å². The molecule has 0 unspecified atom stereocenters. The fourth-order valence-electron chi connectivity index (χ4n) is 1.28. The third-order valence-corrected chi connectivity index (χ3v) is 2.02. The highest BCUT2D eigenvalue weighted by Gasteiger charge is 2.06. The summed E-state index contributed by atoms with van der Waals surface area (Å²) in [4.78, 5) is 12.8. The molecule has 5 nitrogen and oxygen atoms in total. The number of rotatable bonds is 7. The van der Waals surface area contributed by atoms with Crippen molar-refractivity contribution in [3.63, 3.8) is 0 Å². The van der Waals surface area contributed by atoms with Gasteiger partial charge in [0.2, 0.25) is 5.95 Å². The van der Waals surface area contributed by atoms with Crippen LogP contribution < -0.4 is 10.1 Å². The van der Waals surface area contributed by atoms with Crippen LogP contribution in [0.2, 0.25) is 0 Å². The van der Waals surface area contributed by atoms with Crippen LogP contribution in [0, 0.1) is 0 Å². The van der Waals surface area contributed by atoms with E-state index < -0.39 is 0 Å². The van der Waals surface area contributed by atoms with Gasteiger partial charge in [0.1, 0.15) is 5.82 Å². The summed E-state index contributed by atoms with van der Waals surface area (Å²) in [6.45, 7) is 7.44. The van der Waals surface area contributed by atoms with Gasteiger partial charge in [0.25, 0.3) is 0 Å². The summed E-state index contributed by atoms with van der Waals surface area (Å²) in [6.07, 6.45) is 3.09. The summed E-state index contributed by atoms with van der Waals surface area (Å²) < 4.78 is 5.31. The lowest BCUT2D eigenvalue weighted by molar-refractivity contribution is 0.310. The summed E-state index contributed by atoms with van der Waals surface area (Å²) in [7, 11) is 0. The SMILES string of the molecule is CCCCc1nc(NCC)nc(OCC)n1. The molecule has 0 atom stereocenters. The molecule has 1 aromatic heterocycles. The van der Waals surface area contributed by atoms with E-state index >= 15 is 0 Å². The first kappa shape index (κ1) is 12.7. The molecule has 0 fully saturated rings. The largest absolute Gasteiger partial charge is 0.464 e. The predicted molar refractivity (Wildman–Crippen MR) is 63.8 cm³/mol. The maximum absolute atomic E-state index is 5.31. The number of aryl methyl sites for hydroxylation is 1. The lowest BCUT2D eigenvalue weighted by Gasteiger charge is -2.07. The first-order chi connectivity index (χ1) is 7.80. The first-order valence-electron chi connectivity index (χ1n) is 5.91. The van der Waals surface area contributed by atoms with Crippen LogP contribution in [0.15, 0.2) is 0 Å². The summed E-state index contributed by atoms with van der Waals surface area (Å²) in [5.74, 6) is 1.41. The predicted octanol–water partition coefficient (Wildman–Crippen LogP) is 2.04. The minimum absolute atomic E-state index is 0.416. The van der Waals surface area contributed by atoms with Crippen LogP contribution in [-0.4, -0.2) is 28.1 Å². The number of aromatic nitrogens is 3. The Kier molecular flexibility index (Phi) is 5.53. The standard InChI is InChI=1S/C11H20N4O/c1-4-7-8-9-13-10(12-5-2)15-11(14-9)16-6-3/h4-8H2,1-3H3,(H,12,13,14,15). The van der Waals surface area contributed by atoms with Gasteiger partial charge in [0.15, 0.2) is 0 Å². The molecule has 0 saturated heterocycles. The van der Waals surface area contributed by atoms with Gasteiger partial charge in [-0.2, -0.15) is 15.0 Å². The van der Waals surface area contributed by atoms with Gasteiger partial charge in [-0.05, 0) is 20.3 Å². The van der Waals surface area contributed by atoms with Crippen LogP contribution >= 0.6 is 0 Å². The molecule has 0 aliphatic heterocycles. The molecular formula is C11H20N4O. The van der Waals surface area contributed by atoms with E-state index in [4.69, 9.17) is 4.74 Å². The number of nitrogens with zero attached hydrogens (tertiary/aromatic N) is 3. The average molecular weight is 224 g/mol. The Hall–Kier alpha value is -1.39. The van der Waals surface area contributed by atoms with Gasteiger partial charge in [-0.1, -0.05) is 13.3 Å². The van der Waals surface area contributed by atoms with Crippen LogP contribution in [0.4, 0.5) is 5.95 Å². The molecule has 1 N–H and O–H groups in total. The summed E-state index contributed by atoms with van der Waals surface area (Å²) in [5, 5.41) is 3.08. The normalized spacial score (nSPS) is 10.2. The molecule has 0 amide bonds. The van der Waals surface area contributed by atoms with Crippen molar-refractivity contribution in [1.82, 2.24) is 15.0 Å². The van der Waals surface area contributed by atoms with E-state index in [2.05, 4.69) is 27.2 Å². The molecule has 1 heterocycles. The molecule has 0 bridgehead atoms. The zero-order valence-corrected chi connectivity index (χ0v) is 10.3. The molecule has 0 aliphatic rings. The molecule has 5 heteroatoms. The zero-order valence-electron chi connectivity index (χ0n) is 10.3. The van der Waals surface area contributed by atoms with Gasteiger partial charge in [-0.15, -0.1) is 0 Å². The minimum Gasteiger partial charge on any atom is -0.464 e. The van der Waals surface area contributed by atoms with E-state index in [0.717, 1.165) is 31.6 Å². The van der Waals surface area contributed by atoms with Crippen LogP contribution in [-0.2, 0) is 6.42 Å². The van der Waals surface area contributed by atoms with Crippen molar-refractivity contribution < 1.29 is 4.74 Å². The Balaban J connectivity index is 2.80. The zero-order chi connectivity index (χ0) is 11.8. The maximum Gasteiger partial charge on any atom is 0.321 e. The van der Waals surface area contributed by atoms with Crippen molar-refractivity contribution in [3.05, 3.63) is 5.82 Å². The Morgan fingerprint density at radius 2 is 1.94 bits per heavy atom. The van der Waals surface area contributed by atoms with Crippen molar-refractivity contribution in [1.29, 1.82) is 0 Å². The Labute approximate surface area is 96.7 Å². The lowest BCUT2D eigenvalue weighted by Crippen LogP contribution is -2.09. The smallest absolute Gasteiger partial charge is 0.321 e. The summed E-state index contributed by atoms with van der Waals surface area (Å²) >= 11 is 0. The highest BCUT2D eigenvalue weighted by atomic mass is 16.5. The molecule has 0 aromatic carbocycles. The van der Waals surface area contributed by atoms with Gasteiger partial charge in [0, 0.05) is 13.0 Å². The molecule has 1 rings (SSSR count). The lowest BCUT2D eigenvalue weighted by atomic mass is 10.2. The van der Waals surface area contributed by atoms with Gasteiger partial charge in [0.05, 0.1) is 6.61 Å². The van der Waals surface area contributed by atoms with E-state index in [1.54, 1.807) is 0 Å². The quantitative estimate of drug-likeness (QED) is 0.768. The van der Waals surface area contributed by atoms with Gasteiger partial charge in [-0.25, -0.2) is 0 Å². The average Bonchev–Trinajstić information content (AvgIpc) is 2.27. The van der Waals surface area contributed by atoms with E-state index in [9.17, 15) is 0 Å². The van der Waals surface area contributed by atoms with Crippen LogP contribution in [0.25, 0.3) is 0 Å². The van der Waals surface area contributed by atoms with Crippen LogP contribution in [0.1, 0.15) is 39.4 Å². The second-order valence-electron chi connectivity index (χ2n) is 3.42. The Morgan fingerprint density at radius 3 is 2.56 bits per heavy atom. The number of hydrogen-bond donors (Lipinski definition) is 1. The molecule has 16 heavy (non-hydrogen) atoms. The highest BCUT2D eigenvalue weighted by molar-refractivity contribution is 5.25. The van der Waals surface area contributed by atoms with E-state index in [-0.39, 0.29) is 0 Å². The second kappa shape index (κ2) is 6.98. The van der Waals surface area contributed by atoms with E-state index in [1.807, 2.05) is 13.8 Å². The van der Waals surface area contributed by atoms with Crippen molar-refractivity contribution in [3.8, 4) is 6.01 Å². The number of anilines is 1. The molecule has 0 saturated carbocycles. The minimum atomic E-state index is 0.416. The Bertz CT molecular complexity index is 293. The molecule has 0 aliphatic carbocycles. The van der Waals surface area contributed by atoms with Gasteiger partial charge in [-0.3, -0.25) is 0 Å². The second-order valence-corrected chi connectivity index (χ2v) is 3.42. The molecule has 90 valence electrons. The van der Waals surface area contributed by atoms with Crippen LogP contribution in [0.5, 0.6) is 6.01 Å². The Morgan fingerprint density at radius 1 is 1.12 bits per heavy atom. The van der Waals surface area contributed by atoms with Crippen molar-refractivity contribution >= 4 is 5.95 Å². The highest BCUT2D eigenvalue weighted by Crippen LogP contribution is 2.09. The van der Waals surface area contributed by atoms with E-state index in [0.29, 0.717) is 18.6 Å². The summed E-state index contributed by atoms with van der Waals surface area (Å²) in [6, 6.07) is 0.416. The fraction of sp³-hybridized carbons (Fsp3) is 0.727. The molecule has 0 radical (unpaired) electrons. The number of nitrogens with one attached hydrogen (secondary N) is 1. The monoisotopic (exact) mass is 224 g/mol. The molecular weight excluding hydrogens is 204 g/mol. The van der Waals surface area contributed by atoms with Crippen molar-refractivity contribution in [2.45, 2.75) is 40.0 Å². The summed E-state index contributed by atoms with van der Waals surface area (Å²) in [5.41, 5.74) is 0. The molecule has 0 spiro atoms. The topological polar surface area (TPSA) is 59.9 Å². The van der Waals surface area contributed by atoms with Crippen molar-refractivity contribution in [2.75, 3.05) is 18.5 Å². The third kappa shape index (κ3) is 4.00. The number of hydrogen-bond acceptors (Lipinski definition) is 5. The molecule has 1 aromatic rings. The van der Waals surface area contributed by atoms with Crippen molar-refractivity contribution in [2.24, 2.45) is 0 Å². The number of unbranched alkanes of at least 4 members (excludes halogenated alkanes) is 1. The fourth-order valence-corrected chi connectivity index (χ4v) is 1.28. The van der Waals surface area contributed by atoms with Gasteiger partial charge >= 0.3 is 6.01 Å². The number of ether oxygens (including phenoxy) is 1. The maximum atomic E-state index is 5.31. The van der Waals surface area contributed by atoms with Gasteiger partial charge < -0.3 is 10.1 Å².